The number of carbonyl (C=O) groups is 3. The quantitative estimate of drug-likeness (QED) is 0.169. The fourth-order valence-electron chi connectivity index (χ4n) is 7.78. The van der Waals surface area contributed by atoms with Gasteiger partial charge in [-0.25, -0.2) is 0 Å². The zero-order valence-electron chi connectivity index (χ0n) is 24.6. The Morgan fingerprint density at radius 2 is 1.56 bits per heavy atom. The van der Waals surface area contributed by atoms with Crippen LogP contribution in [0.5, 0.6) is 11.5 Å². The van der Waals surface area contributed by atoms with Gasteiger partial charge in [0.2, 0.25) is 0 Å². The number of hydrogen-bond donors (Lipinski definition) is 0. The highest BCUT2D eigenvalue weighted by atomic mass is 16.5. The van der Waals surface area contributed by atoms with E-state index in [1.54, 1.807) is 75.0 Å². The van der Waals surface area contributed by atoms with Crippen LogP contribution in [0, 0.1) is 5.41 Å². The van der Waals surface area contributed by atoms with Crippen LogP contribution in [0.25, 0.3) is 17.0 Å². The molecule has 5 aromatic rings. The van der Waals surface area contributed by atoms with Crippen LogP contribution in [0.15, 0.2) is 109 Å². The summed E-state index contributed by atoms with van der Waals surface area (Å²) in [7, 11) is 3.11. The highest BCUT2D eigenvalue weighted by Crippen LogP contribution is 2.62. The third kappa shape index (κ3) is 3.58. The molecule has 0 unspecified atom stereocenters. The Labute approximate surface area is 259 Å². The molecule has 0 bridgehead atoms. The van der Waals surface area contributed by atoms with Gasteiger partial charge in [0.1, 0.15) is 23.0 Å². The van der Waals surface area contributed by atoms with Gasteiger partial charge in [-0.15, -0.1) is 0 Å². The molecule has 8 rings (SSSR count). The largest absolute Gasteiger partial charge is 0.497 e. The van der Waals surface area contributed by atoms with Gasteiger partial charge in [0.15, 0.2) is 17.3 Å². The number of pyridine rings is 1. The van der Waals surface area contributed by atoms with Crippen molar-refractivity contribution in [3.05, 3.63) is 137 Å². The molecular weight excluding hydrogens is 564 g/mol. The van der Waals surface area contributed by atoms with E-state index in [1.807, 2.05) is 59.5 Å². The molecule has 220 valence electrons. The van der Waals surface area contributed by atoms with E-state index in [0.717, 1.165) is 16.6 Å². The number of rotatable bonds is 5. The second kappa shape index (κ2) is 9.99. The van der Waals surface area contributed by atoms with Crippen LogP contribution in [0.2, 0.25) is 0 Å². The van der Waals surface area contributed by atoms with Gasteiger partial charge in [-0.1, -0.05) is 84.9 Å². The Kier molecular flexibility index (Phi) is 6.00. The SMILES string of the molecule is COc1ccc(OC)c([C@@H]2[C@@H](C(=O)c3ccccc3)N3c4c(ccc5cccnc45)C=C[C@H]3C23C(=O)c2ccccc2C3=O)c1. The fraction of sp³-hybridized carbons (Fsp3) is 0.158. The van der Waals surface area contributed by atoms with E-state index >= 15 is 14.4 Å². The number of aromatic nitrogens is 1. The van der Waals surface area contributed by atoms with E-state index in [4.69, 9.17) is 14.5 Å². The van der Waals surface area contributed by atoms with Crippen molar-refractivity contribution >= 4 is 40.0 Å². The summed E-state index contributed by atoms with van der Waals surface area (Å²) in [5.41, 5.74) is 2.34. The van der Waals surface area contributed by atoms with Gasteiger partial charge >= 0.3 is 0 Å². The van der Waals surface area contributed by atoms with Gasteiger partial charge < -0.3 is 14.4 Å². The standard InChI is InChI=1S/C38H28N2O5/c1-44-25-17-18-29(45-2)28(21-25)31-34(35(41)24-9-4-3-5-10-24)40-30(38(31)36(42)26-12-6-7-13-27(26)37(38)43)19-16-23-15-14-22-11-8-20-39-32(22)33(23)40/h3-21,30-31,34H,1-2H3/t30-,31+,34-/m0/s1. The highest BCUT2D eigenvalue weighted by molar-refractivity contribution is 6.32. The summed E-state index contributed by atoms with van der Waals surface area (Å²) in [5.74, 6) is -0.784. The summed E-state index contributed by atoms with van der Waals surface area (Å²) in [5, 5.41) is 0.889. The highest BCUT2D eigenvalue weighted by Gasteiger charge is 2.72. The summed E-state index contributed by atoms with van der Waals surface area (Å²) in [4.78, 5) is 51.8. The minimum Gasteiger partial charge on any atom is -0.497 e. The van der Waals surface area contributed by atoms with Crippen LogP contribution in [-0.2, 0) is 0 Å². The molecule has 45 heavy (non-hydrogen) atoms. The first-order valence-electron chi connectivity index (χ1n) is 14.8. The Balaban J connectivity index is 1.51. The number of methoxy groups -OCH3 is 2. The lowest BCUT2D eigenvalue weighted by Crippen LogP contribution is -2.48. The monoisotopic (exact) mass is 592 g/mol. The van der Waals surface area contributed by atoms with Crippen LogP contribution >= 0.6 is 0 Å². The van der Waals surface area contributed by atoms with Crippen molar-refractivity contribution in [1.82, 2.24) is 4.98 Å². The fourth-order valence-corrected chi connectivity index (χ4v) is 7.78. The summed E-state index contributed by atoms with van der Waals surface area (Å²) in [6.07, 6.45) is 5.59. The predicted octanol–water partition coefficient (Wildman–Crippen LogP) is 6.57. The van der Waals surface area contributed by atoms with Gasteiger partial charge in [0.05, 0.1) is 31.5 Å². The second-order valence-electron chi connectivity index (χ2n) is 11.6. The number of fused-ring (bicyclic) bond motifs is 7. The van der Waals surface area contributed by atoms with Crippen LogP contribution < -0.4 is 14.4 Å². The van der Waals surface area contributed by atoms with Crippen LogP contribution in [-0.4, -0.2) is 48.6 Å². The van der Waals surface area contributed by atoms with Crippen molar-refractivity contribution in [3.63, 3.8) is 0 Å². The van der Waals surface area contributed by atoms with Crippen molar-refractivity contribution in [1.29, 1.82) is 0 Å². The summed E-state index contributed by atoms with van der Waals surface area (Å²) < 4.78 is 11.5. The summed E-state index contributed by atoms with van der Waals surface area (Å²) in [6.45, 7) is 0. The van der Waals surface area contributed by atoms with Crippen LogP contribution in [0.1, 0.15) is 48.1 Å². The average Bonchev–Trinajstić information content (AvgIpc) is 3.53. The molecular formula is C38H28N2O5. The normalized spacial score (nSPS) is 20.7. The van der Waals surface area contributed by atoms with Gasteiger partial charge in [-0.05, 0) is 29.8 Å². The molecule has 3 aliphatic rings. The molecule has 0 radical (unpaired) electrons. The number of ether oxygens (including phenoxy) is 2. The maximum absolute atomic E-state index is 15.0. The van der Waals surface area contributed by atoms with Crippen molar-refractivity contribution < 1.29 is 23.9 Å². The van der Waals surface area contributed by atoms with E-state index in [1.165, 1.54) is 0 Å². The molecule has 7 heteroatoms. The maximum Gasteiger partial charge on any atom is 0.185 e. The van der Waals surface area contributed by atoms with Crippen molar-refractivity contribution in [2.24, 2.45) is 5.41 Å². The predicted molar refractivity (Wildman–Crippen MR) is 171 cm³/mol. The topological polar surface area (TPSA) is 85.8 Å². The lowest BCUT2D eigenvalue weighted by atomic mass is 9.64. The molecule has 7 nitrogen and oxygen atoms in total. The smallest absolute Gasteiger partial charge is 0.185 e. The molecule has 3 heterocycles. The number of benzene rings is 4. The molecule has 1 aromatic heterocycles. The van der Waals surface area contributed by atoms with Crippen LogP contribution in [0.4, 0.5) is 5.69 Å². The molecule has 4 aromatic carbocycles. The van der Waals surface area contributed by atoms with Crippen molar-refractivity contribution in [2.75, 3.05) is 19.1 Å². The van der Waals surface area contributed by atoms with E-state index in [9.17, 15) is 0 Å². The molecule has 1 fully saturated rings. The number of Topliss-reactive ketones (excluding diaryl/α,β-unsaturated/α-hetero) is 3. The first-order chi connectivity index (χ1) is 22.0. The Bertz CT molecular complexity index is 2050. The number of nitrogens with zero attached hydrogens (tertiary/aromatic N) is 2. The molecule has 1 spiro atoms. The lowest BCUT2D eigenvalue weighted by Gasteiger charge is -2.37. The zero-order valence-corrected chi connectivity index (χ0v) is 24.6. The minimum absolute atomic E-state index is 0.210. The lowest BCUT2D eigenvalue weighted by molar-refractivity contribution is 0.0664. The first kappa shape index (κ1) is 27.0. The molecule has 3 atom stereocenters. The number of hydrogen-bond acceptors (Lipinski definition) is 7. The Hall–Kier alpha value is -5.56. The molecule has 1 aliphatic carbocycles. The average molecular weight is 593 g/mol. The van der Waals surface area contributed by atoms with Gasteiger partial charge in [-0.3, -0.25) is 19.4 Å². The maximum atomic E-state index is 15.0. The van der Waals surface area contributed by atoms with Gasteiger partial charge in [0.25, 0.3) is 0 Å². The third-order valence-electron chi connectivity index (χ3n) is 9.63. The summed E-state index contributed by atoms with van der Waals surface area (Å²) >= 11 is 0. The molecule has 0 N–H and O–H groups in total. The third-order valence-corrected chi connectivity index (χ3v) is 9.63. The van der Waals surface area contributed by atoms with E-state index in [-0.39, 0.29) is 17.3 Å². The van der Waals surface area contributed by atoms with Gasteiger partial charge in [0, 0.05) is 39.8 Å². The van der Waals surface area contributed by atoms with Crippen molar-refractivity contribution in [3.8, 4) is 11.5 Å². The molecule has 0 amide bonds. The first-order valence-corrected chi connectivity index (χ1v) is 14.8. The van der Waals surface area contributed by atoms with E-state index < -0.39 is 23.4 Å². The minimum atomic E-state index is -1.68. The second-order valence-corrected chi connectivity index (χ2v) is 11.6. The van der Waals surface area contributed by atoms with E-state index in [2.05, 4.69) is 0 Å². The number of carbonyl (C=O) groups excluding carboxylic acids is 3. The van der Waals surface area contributed by atoms with Gasteiger partial charge in [-0.2, -0.15) is 0 Å². The van der Waals surface area contributed by atoms with Crippen LogP contribution in [0.3, 0.4) is 0 Å². The van der Waals surface area contributed by atoms with E-state index in [0.29, 0.717) is 39.3 Å². The molecule has 2 aliphatic heterocycles. The molecule has 0 saturated carbocycles. The van der Waals surface area contributed by atoms with Crippen molar-refractivity contribution in [2.45, 2.75) is 18.0 Å². The number of anilines is 1. The molecule has 1 saturated heterocycles. The Morgan fingerprint density at radius 1 is 0.822 bits per heavy atom. The Morgan fingerprint density at radius 3 is 2.27 bits per heavy atom. The zero-order chi connectivity index (χ0) is 30.9. The summed E-state index contributed by atoms with van der Waals surface area (Å²) in [6, 6.07) is 27.4. The number of ketones is 3.